The molecule has 2 heterocycles. The molecule has 2 aromatic heterocycles. The van der Waals surface area contributed by atoms with Crippen molar-refractivity contribution < 1.29 is 4.79 Å². The largest absolute Gasteiger partial charge is 0.342 e. The van der Waals surface area contributed by atoms with Crippen LogP contribution in [0.3, 0.4) is 0 Å². The van der Waals surface area contributed by atoms with E-state index in [0.717, 1.165) is 15.2 Å². The molecule has 1 N–H and O–H groups in total. The minimum atomic E-state index is -0.0875. The first-order valence-corrected chi connectivity index (χ1v) is 8.16. The summed E-state index contributed by atoms with van der Waals surface area (Å²) in [7, 11) is 0. The average Bonchev–Trinajstić information content (AvgIpc) is 2.95. The smallest absolute Gasteiger partial charge is 0.268 e. The molecule has 0 aromatic carbocycles. The first kappa shape index (κ1) is 15.3. The fraction of sp³-hybridized carbons (Fsp3) is 0.429. The fourth-order valence-electron chi connectivity index (χ4n) is 1.96. The first-order chi connectivity index (χ1) is 9.38. The van der Waals surface area contributed by atoms with E-state index >= 15 is 0 Å². The molecule has 0 radical (unpaired) electrons. The van der Waals surface area contributed by atoms with Gasteiger partial charge in [-0.1, -0.05) is 0 Å². The predicted molar refractivity (Wildman–Crippen MR) is 85.2 cm³/mol. The Morgan fingerprint density at radius 3 is 2.70 bits per heavy atom. The third-order valence-corrected chi connectivity index (χ3v) is 4.54. The van der Waals surface area contributed by atoms with Crippen molar-refractivity contribution in [2.45, 2.75) is 39.8 Å². The van der Waals surface area contributed by atoms with Gasteiger partial charge in [-0.2, -0.15) is 0 Å². The Kier molecular flexibility index (Phi) is 4.65. The summed E-state index contributed by atoms with van der Waals surface area (Å²) in [6, 6.07) is 1.99. The monoisotopic (exact) mass is 355 g/mol. The number of thiazole rings is 1. The summed E-state index contributed by atoms with van der Waals surface area (Å²) in [6.45, 7) is 8.01. The van der Waals surface area contributed by atoms with E-state index in [2.05, 4.69) is 40.1 Å². The highest BCUT2D eigenvalue weighted by Crippen LogP contribution is 2.21. The van der Waals surface area contributed by atoms with E-state index in [-0.39, 0.29) is 18.0 Å². The molecule has 2 aromatic rings. The Hall–Kier alpha value is -1.14. The van der Waals surface area contributed by atoms with Gasteiger partial charge in [0.05, 0.1) is 6.04 Å². The summed E-state index contributed by atoms with van der Waals surface area (Å²) in [5.74, 6) is -0.0789. The van der Waals surface area contributed by atoms with Gasteiger partial charge < -0.3 is 9.88 Å². The van der Waals surface area contributed by atoms with E-state index < -0.39 is 0 Å². The van der Waals surface area contributed by atoms with Crippen molar-refractivity contribution in [2.24, 2.45) is 0 Å². The normalized spacial score (nSPS) is 12.7. The number of nitrogens with zero attached hydrogens (tertiary/aromatic N) is 2. The van der Waals surface area contributed by atoms with Crippen LogP contribution in [0.2, 0.25) is 0 Å². The number of halogens is 1. The number of carbonyl (C=O) groups excluding carboxylic acids is 1. The van der Waals surface area contributed by atoms with Crippen molar-refractivity contribution >= 4 is 33.2 Å². The highest BCUT2D eigenvalue weighted by atomic mass is 79.9. The lowest BCUT2D eigenvalue weighted by Crippen LogP contribution is -2.28. The van der Waals surface area contributed by atoms with Crippen LogP contribution in [0, 0.1) is 6.92 Å². The lowest BCUT2D eigenvalue weighted by atomic mass is 10.3. The van der Waals surface area contributed by atoms with Gasteiger partial charge in [0.1, 0.15) is 10.7 Å². The van der Waals surface area contributed by atoms with Crippen LogP contribution in [0.5, 0.6) is 0 Å². The van der Waals surface area contributed by atoms with Gasteiger partial charge in [-0.15, -0.1) is 11.3 Å². The zero-order chi connectivity index (χ0) is 14.9. The van der Waals surface area contributed by atoms with Crippen molar-refractivity contribution in [3.63, 3.8) is 0 Å². The average molecular weight is 356 g/mol. The maximum Gasteiger partial charge on any atom is 0.268 e. The topological polar surface area (TPSA) is 46.9 Å². The minimum Gasteiger partial charge on any atom is -0.342 e. The number of hydrogen-bond donors (Lipinski definition) is 1. The SMILES string of the molecule is Cc1csc(C(C)NC(=O)c2cc(Br)cn2C(C)C)n1. The highest BCUT2D eigenvalue weighted by Gasteiger charge is 2.18. The molecule has 0 saturated heterocycles. The lowest BCUT2D eigenvalue weighted by Gasteiger charge is -2.15. The third kappa shape index (κ3) is 3.30. The summed E-state index contributed by atoms with van der Waals surface area (Å²) in [5.41, 5.74) is 1.64. The van der Waals surface area contributed by atoms with Crippen LogP contribution in [0.4, 0.5) is 0 Å². The molecule has 20 heavy (non-hydrogen) atoms. The molecule has 2 rings (SSSR count). The van der Waals surface area contributed by atoms with E-state index in [9.17, 15) is 4.79 Å². The van der Waals surface area contributed by atoms with Gasteiger partial charge in [0.15, 0.2) is 0 Å². The van der Waals surface area contributed by atoms with Crippen molar-refractivity contribution in [1.29, 1.82) is 0 Å². The number of nitrogens with one attached hydrogen (secondary N) is 1. The number of rotatable bonds is 4. The van der Waals surface area contributed by atoms with Crippen molar-refractivity contribution in [2.75, 3.05) is 0 Å². The lowest BCUT2D eigenvalue weighted by molar-refractivity contribution is 0.0929. The predicted octanol–water partition coefficient (Wildman–Crippen LogP) is 4.09. The number of carbonyl (C=O) groups is 1. The molecule has 0 spiro atoms. The number of aryl methyl sites for hydroxylation is 1. The molecule has 1 atom stereocenters. The van der Waals surface area contributed by atoms with Crippen LogP contribution < -0.4 is 5.32 Å². The molecule has 0 fully saturated rings. The van der Waals surface area contributed by atoms with Gasteiger partial charge in [0.2, 0.25) is 0 Å². The number of amides is 1. The molecular weight excluding hydrogens is 338 g/mol. The van der Waals surface area contributed by atoms with Gasteiger partial charge in [-0.3, -0.25) is 4.79 Å². The Morgan fingerprint density at radius 1 is 1.45 bits per heavy atom. The molecule has 1 amide bonds. The summed E-state index contributed by atoms with van der Waals surface area (Å²) in [4.78, 5) is 16.8. The molecule has 0 saturated carbocycles. The fourth-order valence-corrected chi connectivity index (χ4v) is 3.20. The van der Waals surface area contributed by atoms with E-state index in [4.69, 9.17) is 0 Å². The molecule has 0 aliphatic carbocycles. The summed E-state index contributed by atoms with van der Waals surface area (Å²) < 4.78 is 2.87. The van der Waals surface area contributed by atoms with Gasteiger partial charge in [-0.05, 0) is 49.7 Å². The molecule has 1 unspecified atom stereocenters. The van der Waals surface area contributed by atoms with Crippen molar-refractivity contribution in [1.82, 2.24) is 14.9 Å². The maximum atomic E-state index is 12.4. The summed E-state index contributed by atoms with van der Waals surface area (Å²) in [5, 5.41) is 5.92. The molecule has 4 nitrogen and oxygen atoms in total. The molecule has 6 heteroatoms. The Balaban J connectivity index is 2.16. The molecular formula is C14H18BrN3OS. The van der Waals surface area contributed by atoms with Crippen LogP contribution in [0.15, 0.2) is 22.1 Å². The van der Waals surface area contributed by atoms with E-state index in [1.54, 1.807) is 11.3 Å². The Morgan fingerprint density at radius 2 is 2.15 bits per heavy atom. The summed E-state index contributed by atoms with van der Waals surface area (Å²) in [6.07, 6.45) is 1.93. The van der Waals surface area contributed by atoms with Gasteiger partial charge >= 0.3 is 0 Å². The van der Waals surface area contributed by atoms with Gasteiger partial charge in [0, 0.05) is 27.8 Å². The Labute approximate surface area is 131 Å². The quantitative estimate of drug-likeness (QED) is 0.897. The molecule has 0 aliphatic heterocycles. The molecule has 108 valence electrons. The van der Waals surface area contributed by atoms with Crippen molar-refractivity contribution in [3.05, 3.63) is 38.5 Å². The van der Waals surface area contributed by atoms with Crippen LogP contribution in [-0.2, 0) is 0 Å². The van der Waals surface area contributed by atoms with Gasteiger partial charge in [0.25, 0.3) is 5.91 Å². The van der Waals surface area contributed by atoms with E-state index in [1.807, 2.05) is 36.1 Å². The second-order valence-corrected chi connectivity index (χ2v) is 6.87. The van der Waals surface area contributed by atoms with Crippen LogP contribution in [-0.4, -0.2) is 15.5 Å². The standard InChI is InChI=1S/C14H18BrN3OS/c1-8(2)18-6-11(15)5-12(18)13(19)17-10(4)14-16-9(3)7-20-14/h5-8,10H,1-4H3,(H,17,19). The maximum absolute atomic E-state index is 12.4. The van der Waals surface area contributed by atoms with Crippen molar-refractivity contribution in [3.8, 4) is 0 Å². The first-order valence-electron chi connectivity index (χ1n) is 6.48. The highest BCUT2D eigenvalue weighted by molar-refractivity contribution is 9.10. The summed E-state index contributed by atoms with van der Waals surface area (Å²) >= 11 is 4.99. The third-order valence-electron chi connectivity index (χ3n) is 2.96. The molecule has 0 bridgehead atoms. The number of hydrogen-bond acceptors (Lipinski definition) is 3. The second-order valence-electron chi connectivity index (χ2n) is 5.07. The zero-order valence-corrected chi connectivity index (χ0v) is 14.4. The molecule has 0 aliphatic rings. The minimum absolute atomic E-state index is 0.0789. The van der Waals surface area contributed by atoms with Gasteiger partial charge in [-0.25, -0.2) is 4.98 Å². The zero-order valence-electron chi connectivity index (χ0n) is 12.0. The van der Waals surface area contributed by atoms with E-state index in [1.165, 1.54) is 0 Å². The van der Waals surface area contributed by atoms with Crippen LogP contribution in [0.25, 0.3) is 0 Å². The van der Waals surface area contributed by atoms with Crippen LogP contribution >= 0.6 is 27.3 Å². The number of aromatic nitrogens is 2. The van der Waals surface area contributed by atoms with E-state index in [0.29, 0.717) is 5.69 Å². The second kappa shape index (κ2) is 6.10. The Bertz CT molecular complexity index is 618. The van der Waals surface area contributed by atoms with Crippen LogP contribution in [0.1, 0.15) is 54.0 Å².